The Hall–Kier alpha value is -1.26. The van der Waals surface area contributed by atoms with Crippen LogP contribution in [0.5, 0.6) is 0 Å². The van der Waals surface area contributed by atoms with Crippen LogP contribution in [0.15, 0.2) is 4.99 Å². The summed E-state index contributed by atoms with van der Waals surface area (Å²) in [6.45, 7) is 10.8. The van der Waals surface area contributed by atoms with E-state index in [4.69, 9.17) is 0 Å². The van der Waals surface area contributed by atoms with Gasteiger partial charge in [0, 0.05) is 32.6 Å². The molecular formula is C18H36N4O. The number of guanidine groups is 1. The molecule has 0 aromatic heterocycles. The molecule has 0 aliphatic heterocycles. The minimum atomic E-state index is 0.0727. The first-order valence-electron chi connectivity index (χ1n) is 9.21. The maximum atomic E-state index is 11.7. The first-order chi connectivity index (χ1) is 10.9. The largest absolute Gasteiger partial charge is 0.357 e. The molecule has 5 nitrogen and oxygen atoms in total. The van der Waals surface area contributed by atoms with Crippen molar-refractivity contribution in [2.45, 2.75) is 65.8 Å². The number of aliphatic imine (C=N–C) groups is 1. The van der Waals surface area contributed by atoms with Gasteiger partial charge in [-0.1, -0.05) is 19.8 Å². The zero-order valence-electron chi connectivity index (χ0n) is 15.7. The van der Waals surface area contributed by atoms with Crippen molar-refractivity contribution in [1.29, 1.82) is 0 Å². The molecule has 2 N–H and O–H groups in total. The Morgan fingerprint density at radius 1 is 1.26 bits per heavy atom. The molecule has 0 aromatic rings. The molecule has 134 valence electrons. The summed E-state index contributed by atoms with van der Waals surface area (Å²) in [4.78, 5) is 18.5. The van der Waals surface area contributed by atoms with Gasteiger partial charge in [0.05, 0.1) is 6.54 Å². The molecule has 0 radical (unpaired) electrons. The maximum Gasteiger partial charge on any atom is 0.222 e. The summed E-state index contributed by atoms with van der Waals surface area (Å²) in [6.07, 6.45) is 5.79. The third-order valence-electron chi connectivity index (χ3n) is 4.41. The van der Waals surface area contributed by atoms with Gasteiger partial charge in [-0.25, -0.2) is 0 Å². The monoisotopic (exact) mass is 324 g/mol. The van der Waals surface area contributed by atoms with Crippen LogP contribution in [0.1, 0.15) is 59.8 Å². The summed E-state index contributed by atoms with van der Waals surface area (Å²) in [5.74, 6) is 2.65. The van der Waals surface area contributed by atoms with E-state index in [1.54, 1.807) is 0 Å². The summed E-state index contributed by atoms with van der Waals surface area (Å²) in [5.41, 5.74) is 0. The van der Waals surface area contributed by atoms with E-state index in [2.05, 4.69) is 41.4 Å². The van der Waals surface area contributed by atoms with E-state index < -0.39 is 0 Å². The normalized spacial score (nSPS) is 22.1. The molecule has 1 fully saturated rings. The molecule has 1 rings (SSSR count). The quantitative estimate of drug-likeness (QED) is 0.559. The number of hydrogen-bond acceptors (Lipinski definition) is 2. The van der Waals surface area contributed by atoms with Crippen LogP contribution in [0, 0.1) is 11.8 Å². The van der Waals surface area contributed by atoms with Crippen molar-refractivity contribution >= 4 is 11.9 Å². The van der Waals surface area contributed by atoms with Crippen molar-refractivity contribution in [3.8, 4) is 0 Å². The van der Waals surface area contributed by atoms with Crippen molar-refractivity contribution in [1.82, 2.24) is 15.5 Å². The van der Waals surface area contributed by atoms with E-state index in [1.165, 1.54) is 25.7 Å². The molecule has 1 saturated carbocycles. The van der Waals surface area contributed by atoms with Crippen LogP contribution in [0.25, 0.3) is 0 Å². The average Bonchev–Trinajstić information content (AvgIpc) is 2.48. The molecule has 0 bridgehead atoms. The second-order valence-corrected chi connectivity index (χ2v) is 7.21. The van der Waals surface area contributed by atoms with E-state index in [-0.39, 0.29) is 11.9 Å². The molecule has 0 spiro atoms. The Morgan fingerprint density at radius 2 is 1.91 bits per heavy atom. The minimum absolute atomic E-state index is 0.0727. The SMILES string of the molecule is CCNC(=NCCC(=O)NC(C)C)N(C)CC1CCC(C)CC1. The molecule has 1 amide bonds. The highest BCUT2D eigenvalue weighted by Crippen LogP contribution is 2.28. The molecule has 1 aliphatic rings. The Kier molecular flexibility index (Phi) is 9.03. The van der Waals surface area contributed by atoms with Crippen LogP contribution in [0.3, 0.4) is 0 Å². The molecule has 23 heavy (non-hydrogen) atoms. The first-order valence-corrected chi connectivity index (χ1v) is 9.21. The third kappa shape index (κ3) is 8.24. The number of nitrogens with zero attached hydrogens (tertiary/aromatic N) is 2. The van der Waals surface area contributed by atoms with Gasteiger partial charge in [0.1, 0.15) is 0 Å². The molecule has 0 unspecified atom stereocenters. The lowest BCUT2D eigenvalue weighted by atomic mass is 9.83. The Bertz CT molecular complexity index is 373. The number of rotatable bonds is 7. The van der Waals surface area contributed by atoms with Gasteiger partial charge >= 0.3 is 0 Å². The standard InChI is InChI=1S/C18H36N4O/c1-6-19-18(20-12-11-17(23)21-14(2)3)22(5)13-16-9-7-15(4)8-10-16/h14-16H,6-13H2,1-5H3,(H,19,20)(H,21,23). The van der Waals surface area contributed by atoms with Crippen LogP contribution in [0.4, 0.5) is 0 Å². The van der Waals surface area contributed by atoms with Crippen molar-refractivity contribution in [2.75, 3.05) is 26.7 Å². The van der Waals surface area contributed by atoms with Gasteiger partial charge in [-0.05, 0) is 45.4 Å². The van der Waals surface area contributed by atoms with Crippen LogP contribution in [-0.4, -0.2) is 49.5 Å². The topological polar surface area (TPSA) is 56.7 Å². The van der Waals surface area contributed by atoms with E-state index in [1.807, 2.05) is 13.8 Å². The molecule has 0 atom stereocenters. The molecule has 0 saturated heterocycles. The Labute approximate surface area is 142 Å². The number of hydrogen-bond donors (Lipinski definition) is 2. The number of nitrogens with one attached hydrogen (secondary N) is 2. The Morgan fingerprint density at radius 3 is 2.48 bits per heavy atom. The van der Waals surface area contributed by atoms with E-state index in [9.17, 15) is 4.79 Å². The van der Waals surface area contributed by atoms with E-state index >= 15 is 0 Å². The van der Waals surface area contributed by atoms with Gasteiger partial charge in [-0.3, -0.25) is 9.79 Å². The second kappa shape index (κ2) is 10.5. The van der Waals surface area contributed by atoms with Crippen molar-refractivity contribution in [2.24, 2.45) is 16.8 Å². The van der Waals surface area contributed by atoms with Crippen LogP contribution in [0.2, 0.25) is 0 Å². The lowest BCUT2D eigenvalue weighted by Crippen LogP contribution is -2.42. The first kappa shape index (κ1) is 19.8. The smallest absolute Gasteiger partial charge is 0.222 e. The van der Waals surface area contributed by atoms with E-state index in [0.717, 1.165) is 30.9 Å². The fraction of sp³-hybridized carbons (Fsp3) is 0.889. The molecule has 5 heteroatoms. The highest BCUT2D eigenvalue weighted by Gasteiger charge is 2.20. The van der Waals surface area contributed by atoms with Crippen molar-refractivity contribution in [3.05, 3.63) is 0 Å². The van der Waals surface area contributed by atoms with Crippen molar-refractivity contribution in [3.63, 3.8) is 0 Å². The average molecular weight is 325 g/mol. The summed E-state index contributed by atoms with van der Waals surface area (Å²) >= 11 is 0. The minimum Gasteiger partial charge on any atom is -0.357 e. The van der Waals surface area contributed by atoms with Gasteiger partial charge < -0.3 is 15.5 Å². The zero-order chi connectivity index (χ0) is 17.2. The number of carbonyl (C=O) groups excluding carboxylic acids is 1. The van der Waals surface area contributed by atoms with Gasteiger partial charge in [-0.2, -0.15) is 0 Å². The predicted molar refractivity (Wildman–Crippen MR) is 97.6 cm³/mol. The van der Waals surface area contributed by atoms with Crippen LogP contribution in [-0.2, 0) is 4.79 Å². The number of carbonyl (C=O) groups is 1. The molecular weight excluding hydrogens is 288 g/mol. The summed E-state index contributed by atoms with van der Waals surface area (Å²) < 4.78 is 0. The molecule has 1 aliphatic carbocycles. The predicted octanol–water partition coefficient (Wildman–Crippen LogP) is 2.62. The zero-order valence-corrected chi connectivity index (χ0v) is 15.7. The van der Waals surface area contributed by atoms with E-state index in [0.29, 0.717) is 13.0 Å². The van der Waals surface area contributed by atoms with Gasteiger partial charge in [0.2, 0.25) is 5.91 Å². The highest BCUT2D eigenvalue weighted by molar-refractivity contribution is 5.80. The second-order valence-electron chi connectivity index (χ2n) is 7.21. The van der Waals surface area contributed by atoms with Crippen molar-refractivity contribution < 1.29 is 4.79 Å². The van der Waals surface area contributed by atoms with Crippen LogP contribution < -0.4 is 10.6 Å². The molecule has 0 heterocycles. The fourth-order valence-corrected chi connectivity index (χ4v) is 3.11. The molecule has 0 aromatic carbocycles. The third-order valence-corrected chi connectivity index (χ3v) is 4.41. The lowest BCUT2D eigenvalue weighted by molar-refractivity contribution is -0.121. The Balaban J connectivity index is 2.45. The summed E-state index contributed by atoms with van der Waals surface area (Å²) in [5, 5.41) is 6.24. The highest BCUT2D eigenvalue weighted by atomic mass is 16.1. The van der Waals surface area contributed by atoms with Crippen LogP contribution >= 0.6 is 0 Å². The lowest BCUT2D eigenvalue weighted by Gasteiger charge is -2.31. The number of amides is 1. The summed E-state index contributed by atoms with van der Waals surface area (Å²) in [7, 11) is 2.10. The summed E-state index contributed by atoms with van der Waals surface area (Å²) in [6, 6.07) is 0.191. The maximum absolute atomic E-state index is 11.7. The van der Waals surface area contributed by atoms with Gasteiger partial charge in [0.15, 0.2) is 5.96 Å². The van der Waals surface area contributed by atoms with Gasteiger partial charge in [-0.15, -0.1) is 0 Å². The fourth-order valence-electron chi connectivity index (χ4n) is 3.11. The van der Waals surface area contributed by atoms with Gasteiger partial charge in [0.25, 0.3) is 0 Å².